The van der Waals surface area contributed by atoms with E-state index in [4.69, 9.17) is 0 Å². The minimum absolute atomic E-state index is 0.0521. The van der Waals surface area contributed by atoms with Crippen LogP contribution in [0.5, 0.6) is 0 Å². The molecule has 3 atom stereocenters. The third kappa shape index (κ3) is 7.21. The van der Waals surface area contributed by atoms with Crippen molar-refractivity contribution in [1.29, 1.82) is 0 Å². The maximum Gasteiger partial charge on any atom is 0.251 e. The van der Waals surface area contributed by atoms with Crippen LogP contribution in [0.2, 0.25) is 0 Å². The zero-order valence-electron chi connectivity index (χ0n) is 22.2. The van der Waals surface area contributed by atoms with Crippen molar-refractivity contribution in [1.82, 2.24) is 10.6 Å². The van der Waals surface area contributed by atoms with E-state index in [-0.39, 0.29) is 17.9 Å². The molecule has 1 aliphatic heterocycles. The summed E-state index contributed by atoms with van der Waals surface area (Å²) in [6, 6.07) is 24.9. The summed E-state index contributed by atoms with van der Waals surface area (Å²) in [5, 5.41) is 21.0. The summed E-state index contributed by atoms with van der Waals surface area (Å²) < 4.78 is 0. The first-order valence-electron chi connectivity index (χ1n) is 13.4. The molecule has 1 saturated heterocycles. The van der Waals surface area contributed by atoms with Gasteiger partial charge in [-0.1, -0.05) is 60.7 Å². The lowest BCUT2D eigenvalue weighted by atomic mass is 9.99. The largest absolute Gasteiger partial charge is 0.390 e. The van der Waals surface area contributed by atoms with Gasteiger partial charge in [0.2, 0.25) is 5.91 Å². The number of hydrogen-bond acceptors (Lipinski definition) is 5. The quantitative estimate of drug-likeness (QED) is 0.289. The summed E-state index contributed by atoms with van der Waals surface area (Å²) in [5.41, 5.74) is 4.11. The summed E-state index contributed by atoms with van der Waals surface area (Å²) in [6.45, 7) is 5.71. The summed E-state index contributed by atoms with van der Waals surface area (Å²) >= 11 is 0. The number of nitrogens with zero attached hydrogens (tertiary/aromatic N) is 1. The maximum absolute atomic E-state index is 13.5. The van der Waals surface area contributed by atoms with Crippen molar-refractivity contribution in [2.24, 2.45) is 0 Å². The molecule has 4 rings (SSSR count). The molecule has 3 aromatic carbocycles. The number of anilines is 2. The molecule has 2 amide bonds. The zero-order chi connectivity index (χ0) is 26.9. The molecule has 0 saturated carbocycles. The van der Waals surface area contributed by atoms with Gasteiger partial charge in [0.05, 0.1) is 12.1 Å². The van der Waals surface area contributed by atoms with E-state index in [9.17, 15) is 14.7 Å². The third-order valence-corrected chi connectivity index (χ3v) is 6.96. The van der Waals surface area contributed by atoms with E-state index in [0.717, 1.165) is 28.9 Å². The molecular formula is C31H38N4O3. The summed E-state index contributed by atoms with van der Waals surface area (Å²) in [6.07, 6.45) is 1.000. The van der Waals surface area contributed by atoms with Gasteiger partial charge in [0.15, 0.2) is 0 Å². The van der Waals surface area contributed by atoms with Gasteiger partial charge in [-0.15, -0.1) is 0 Å². The molecule has 0 bridgehead atoms. The molecule has 200 valence electrons. The Morgan fingerprint density at radius 3 is 2.39 bits per heavy atom. The van der Waals surface area contributed by atoms with Crippen LogP contribution in [-0.4, -0.2) is 48.7 Å². The van der Waals surface area contributed by atoms with Crippen LogP contribution in [0.4, 0.5) is 11.4 Å². The highest BCUT2D eigenvalue weighted by atomic mass is 16.3. The Kier molecular flexibility index (Phi) is 9.51. The Bertz CT molecular complexity index is 1200. The van der Waals surface area contributed by atoms with Crippen LogP contribution in [0.3, 0.4) is 0 Å². The van der Waals surface area contributed by atoms with Crippen LogP contribution < -0.4 is 20.9 Å². The molecule has 7 heteroatoms. The SMILES string of the molecule is CCNc1cc(C(=O)N[C@@H](Cc2ccccc2)[C@@H](O)CN[C@@H](C)c2ccccc2)cc(N2CCCC2=O)c1. The summed E-state index contributed by atoms with van der Waals surface area (Å²) in [7, 11) is 0. The van der Waals surface area contributed by atoms with E-state index in [1.54, 1.807) is 17.0 Å². The van der Waals surface area contributed by atoms with Crippen molar-refractivity contribution in [3.8, 4) is 0 Å². The van der Waals surface area contributed by atoms with Crippen molar-refractivity contribution in [2.75, 3.05) is 29.9 Å². The number of rotatable bonds is 12. The molecule has 0 aromatic heterocycles. The number of benzene rings is 3. The van der Waals surface area contributed by atoms with Crippen molar-refractivity contribution in [2.45, 2.75) is 51.3 Å². The second-order valence-electron chi connectivity index (χ2n) is 9.83. The number of aliphatic hydroxyl groups excluding tert-OH is 1. The van der Waals surface area contributed by atoms with E-state index in [2.05, 4.69) is 22.9 Å². The molecule has 7 nitrogen and oxygen atoms in total. The highest BCUT2D eigenvalue weighted by molar-refractivity contribution is 6.00. The molecule has 1 fully saturated rings. The fourth-order valence-electron chi connectivity index (χ4n) is 4.83. The van der Waals surface area contributed by atoms with Gasteiger partial charge in [-0.25, -0.2) is 0 Å². The molecule has 1 aliphatic rings. The predicted molar refractivity (Wildman–Crippen MR) is 152 cm³/mol. The molecule has 0 radical (unpaired) electrons. The third-order valence-electron chi connectivity index (χ3n) is 6.96. The van der Waals surface area contributed by atoms with E-state index < -0.39 is 12.1 Å². The first-order valence-corrected chi connectivity index (χ1v) is 13.4. The highest BCUT2D eigenvalue weighted by Gasteiger charge is 2.26. The van der Waals surface area contributed by atoms with Gasteiger partial charge in [-0.3, -0.25) is 9.59 Å². The second-order valence-corrected chi connectivity index (χ2v) is 9.83. The number of amides is 2. The average molecular weight is 515 g/mol. The van der Waals surface area contributed by atoms with Crippen LogP contribution in [0.25, 0.3) is 0 Å². The number of carbonyl (C=O) groups is 2. The van der Waals surface area contributed by atoms with Gasteiger partial charge < -0.3 is 26.0 Å². The van der Waals surface area contributed by atoms with Gasteiger partial charge >= 0.3 is 0 Å². The summed E-state index contributed by atoms with van der Waals surface area (Å²) in [5.74, 6) is -0.213. The van der Waals surface area contributed by atoms with E-state index in [1.165, 1.54) is 0 Å². The minimum Gasteiger partial charge on any atom is -0.390 e. The average Bonchev–Trinajstić information content (AvgIpc) is 3.38. The van der Waals surface area contributed by atoms with Gasteiger partial charge in [0, 0.05) is 49.0 Å². The molecule has 4 N–H and O–H groups in total. The molecular weight excluding hydrogens is 476 g/mol. The van der Waals surface area contributed by atoms with Crippen LogP contribution in [-0.2, 0) is 11.2 Å². The lowest BCUT2D eigenvalue weighted by Crippen LogP contribution is -2.49. The lowest BCUT2D eigenvalue weighted by molar-refractivity contribution is -0.117. The topological polar surface area (TPSA) is 93.7 Å². The lowest BCUT2D eigenvalue weighted by Gasteiger charge is -2.27. The van der Waals surface area contributed by atoms with Crippen LogP contribution in [0.1, 0.15) is 54.2 Å². The molecule has 3 aromatic rings. The van der Waals surface area contributed by atoms with Crippen LogP contribution in [0, 0.1) is 0 Å². The predicted octanol–water partition coefficient (Wildman–Crippen LogP) is 4.30. The number of hydrogen-bond donors (Lipinski definition) is 4. The van der Waals surface area contributed by atoms with E-state index >= 15 is 0 Å². The van der Waals surface area contributed by atoms with Gasteiger partial charge in [0.1, 0.15) is 0 Å². The Hall–Kier alpha value is -3.68. The first-order chi connectivity index (χ1) is 18.4. The van der Waals surface area contributed by atoms with E-state index in [1.807, 2.05) is 73.7 Å². The van der Waals surface area contributed by atoms with E-state index in [0.29, 0.717) is 38.0 Å². The van der Waals surface area contributed by atoms with Gasteiger partial charge in [-0.05, 0) is 56.0 Å². The van der Waals surface area contributed by atoms with Crippen molar-refractivity contribution < 1.29 is 14.7 Å². The fourth-order valence-corrected chi connectivity index (χ4v) is 4.83. The van der Waals surface area contributed by atoms with Crippen LogP contribution in [0.15, 0.2) is 78.9 Å². The molecule has 38 heavy (non-hydrogen) atoms. The summed E-state index contributed by atoms with van der Waals surface area (Å²) in [4.78, 5) is 27.7. The minimum atomic E-state index is -0.818. The molecule has 0 spiro atoms. The molecule has 0 unspecified atom stereocenters. The van der Waals surface area contributed by atoms with Gasteiger partial charge in [-0.2, -0.15) is 0 Å². The molecule has 1 heterocycles. The van der Waals surface area contributed by atoms with Crippen LogP contribution >= 0.6 is 0 Å². The number of aliphatic hydroxyl groups is 1. The monoisotopic (exact) mass is 514 g/mol. The molecule has 0 aliphatic carbocycles. The van der Waals surface area contributed by atoms with Crippen molar-refractivity contribution in [3.63, 3.8) is 0 Å². The van der Waals surface area contributed by atoms with Gasteiger partial charge in [0.25, 0.3) is 5.91 Å². The normalized spacial score (nSPS) is 15.7. The van der Waals surface area contributed by atoms with Crippen molar-refractivity contribution >= 4 is 23.2 Å². The fraction of sp³-hybridized carbons (Fsp3) is 0.355. The Labute approximate surface area is 225 Å². The number of carbonyl (C=O) groups excluding carboxylic acids is 2. The smallest absolute Gasteiger partial charge is 0.251 e. The standard InChI is InChI=1S/C31H38N4O3/c1-3-32-26-18-25(19-27(20-26)35-16-10-15-30(35)37)31(38)34-28(17-23-11-6-4-7-12-23)29(36)21-33-22(2)24-13-8-5-9-14-24/h4-9,11-14,18-20,22,28-29,32-33,36H,3,10,15-17,21H2,1-2H3,(H,34,38)/t22-,28-,29-/m0/s1. The highest BCUT2D eigenvalue weighted by Crippen LogP contribution is 2.27. The zero-order valence-corrected chi connectivity index (χ0v) is 22.2. The Morgan fingerprint density at radius 2 is 1.74 bits per heavy atom. The van der Waals surface area contributed by atoms with Crippen molar-refractivity contribution in [3.05, 3.63) is 95.6 Å². The first kappa shape index (κ1) is 27.4. The Balaban J connectivity index is 1.52. The Morgan fingerprint density at radius 1 is 1.03 bits per heavy atom. The second kappa shape index (κ2) is 13.2. The number of nitrogens with one attached hydrogen (secondary N) is 3. The maximum atomic E-state index is 13.5.